The van der Waals surface area contributed by atoms with E-state index in [-0.39, 0.29) is 29.2 Å². The molecule has 0 radical (unpaired) electrons. The number of amides is 2. The summed E-state index contributed by atoms with van der Waals surface area (Å²) in [6.45, 7) is 1.34. The molecule has 0 spiro atoms. The number of carbonyl (C=O) groups is 5. The van der Waals surface area contributed by atoms with Crippen molar-refractivity contribution in [3.8, 4) is 5.75 Å². The Hall–Kier alpha value is -8.26. The highest BCUT2D eigenvalue weighted by molar-refractivity contribution is 8.01. The van der Waals surface area contributed by atoms with E-state index in [0.29, 0.717) is 22.3 Å². The second-order valence-electron chi connectivity index (χ2n) is 15.1. The molecule has 0 bridgehead atoms. The third-order valence-corrected chi connectivity index (χ3v) is 12.6. The van der Waals surface area contributed by atoms with Crippen molar-refractivity contribution in [2.45, 2.75) is 43.1 Å². The molecule has 15 heteroatoms. The standard InChI is InChI=1S/C51H40N4O10S/c1-32-42(50(59)65-44(37-23-13-5-14-24-37)38-25-15-6-16-26-38)55-47(57)41(48(55)66(61)46(32)54-52)53-45(56)40(49(58)64-43(35-19-9-3-10-20-35)36-21-11-4-12-22-36)34-27-29-39(30-28-34)63-51(60)62-31-33-17-7-2-8-18-33/h2-30,40-41,43-44,48H,31H2,1H3,(H,53,56)/t40?,41?,48-,66?/m0/s1. The first-order chi connectivity index (χ1) is 32.1. The molecule has 0 saturated carbocycles. The van der Waals surface area contributed by atoms with Gasteiger partial charge in [-0.05, 0) is 52.4 Å². The Balaban J connectivity index is 1.07. The van der Waals surface area contributed by atoms with E-state index >= 15 is 0 Å². The van der Waals surface area contributed by atoms with Gasteiger partial charge in [0.05, 0.1) is 5.57 Å². The Morgan fingerprint density at radius 1 is 0.667 bits per heavy atom. The van der Waals surface area contributed by atoms with Crippen molar-refractivity contribution in [1.82, 2.24) is 10.2 Å². The zero-order valence-electron chi connectivity index (χ0n) is 35.2. The van der Waals surface area contributed by atoms with Crippen LogP contribution in [-0.4, -0.2) is 60.3 Å². The van der Waals surface area contributed by atoms with Crippen LogP contribution in [0.3, 0.4) is 0 Å². The van der Waals surface area contributed by atoms with Crippen LogP contribution in [0.4, 0.5) is 4.79 Å². The summed E-state index contributed by atoms with van der Waals surface area (Å²) >= 11 is 0. The Labute approximate surface area is 381 Å². The van der Waals surface area contributed by atoms with Gasteiger partial charge in [-0.3, -0.25) is 19.3 Å². The van der Waals surface area contributed by atoms with Crippen molar-refractivity contribution >= 4 is 45.8 Å². The predicted molar refractivity (Wildman–Crippen MR) is 240 cm³/mol. The Bertz CT molecular complexity index is 2780. The molecule has 1 N–H and O–H groups in total. The van der Waals surface area contributed by atoms with E-state index in [9.17, 15) is 33.7 Å². The van der Waals surface area contributed by atoms with E-state index in [0.717, 1.165) is 10.5 Å². The highest BCUT2D eigenvalue weighted by Gasteiger charge is 2.61. The highest BCUT2D eigenvalue weighted by Crippen LogP contribution is 2.39. The van der Waals surface area contributed by atoms with Crippen LogP contribution in [-0.2, 0) is 50.8 Å². The van der Waals surface area contributed by atoms with Crippen LogP contribution in [0.25, 0.3) is 5.53 Å². The van der Waals surface area contributed by atoms with Crippen LogP contribution in [0.2, 0.25) is 0 Å². The van der Waals surface area contributed by atoms with Crippen molar-refractivity contribution < 1.29 is 51.9 Å². The number of esters is 2. The number of nitrogens with zero attached hydrogens (tertiary/aromatic N) is 3. The van der Waals surface area contributed by atoms with E-state index in [1.807, 2.05) is 18.2 Å². The third-order valence-electron chi connectivity index (χ3n) is 10.9. The molecular formula is C51H40N4O10S. The minimum Gasteiger partial charge on any atom is -0.452 e. The Morgan fingerprint density at radius 2 is 1.14 bits per heavy atom. The minimum absolute atomic E-state index is 0.0372. The quantitative estimate of drug-likeness (QED) is 0.0218. The van der Waals surface area contributed by atoms with Crippen molar-refractivity contribution in [2.75, 3.05) is 0 Å². The normalized spacial score (nSPS) is 16.9. The molecule has 0 aliphatic carbocycles. The summed E-state index contributed by atoms with van der Waals surface area (Å²) in [7, 11) is -2.29. The molecule has 2 amide bonds. The molecule has 2 aliphatic heterocycles. The summed E-state index contributed by atoms with van der Waals surface area (Å²) < 4.78 is 36.8. The summed E-state index contributed by atoms with van der Waals surface area (Å²) in [5.74, 6) is -5.55. The number of hydrogen-bond donors (Lipinski definition) is 1. The molecule has 1 fully saturated rings. The summed E-state index contributed by atoms with van der Waals surface area (Å²) in [5.41, 5.74) is 13.0. The van der Waals surface area contributed by atoms with E-state index in [1.165, 1.54) is 31.2 Å². The largest absolute Gasteiger partial charge is 0.514 e. The lowest BCUT2D eigenvalue weighted by Crippen LogP contribution is -2.74. The first kappa shape index (κ1) is 44.4. The van der Waals surface area contributed by atoms with Gasteiger partial charge in [0.25, 0.3) is 5.91 Å². The Morgan fingerprint density at radius 3 is 1.62 bits per heavy atom. The number of carbonyl (C=O) groups excluding carboxylic acids is 5. The summed E-state index contributed by atoms with van der Waals surface area (Å²) in [6, 6.07) is 48.5. The number of ether oxygens (including phenoxy) is 4. The average molecular weight is 901 g/mol. The van der Waals surface area contributed by atoms with Gasteiger partial charge >= 0.3 is 23.1 Å². The van der Waals surface area contributed by atoms with Gasteiger partial charge in [0.1, 0.15) is 24.1 Å². The first-order valence-electron chi connectivity index (χ1n) is 20.7. The van der Waals surface area contributed by atoms with E-state index in [2.05, 4.69) is 10.1 Å². The maximum absolute atomic E-state index is 14.6. The number of hydrogen-bond acceptors (Lipinski definition) is 10. The topological polar surface area (TPSA) is 191 Å². The van der Waals surface area contributed by atoms with Crippen LogP contribution in [0.1, 0.15) is 58.4 Å². The van der Waals surface area contributed by atoms with Gasteiger partial charge in [-0.2, -0.15) is 4.79 Å². The SMILES string of the molecule is CC1=C(C(=O)OC(c2ccccc2)c2ccccc2)N2C(=O)C(NC(=O)C(C(=O)OC(c3ccccc3)c3ccccc3)c3ccc(OC(=O)OCc4ccccc4)cc3)[C@@H]2S(=O)C1=[N+]=[N-]. The number of benzene rings is 6. The maximum Gasteiger partial charge on any atom is 0.514 e. The lowest BCUT2D eigenvalue weighted by molar-refractivity contribution is -0.156. The summed E-state index contributed by atoms with van der Waals surface area (Å²) in [6.07, 6.45) is -2.88. The highest BCUT2D eigenvalue weighted by atomic mass is 32.2. The monoisotopic (exact) mass is 900 g/mol. The van der Waals surface area contributed by atoms with Gasteiger partial charge in [-0.25, -0.2) is 13.8 Å². The molecule has 330 valence electrons. The van der Waals surface area contributed by atoms with E-state index in [1.54, 1.807) is 133 Å². The fourth-order valence-electron chi connectivity index (χ4n) is 7.68. The van der Waals surface area contributed by atoms with Crippen LogP contribution < -0.4 is 10.1 Å². The van der Waals surface area contributed by atoms with Crippen molar-refractivity contribution in [1.29, 1.82) is 0 Å². The molecular weight excluding hydrogens is 861 g/mol. The smallest absolute Gasteiger partial charge is 0.452 e. The van der Waals surface area contributed by atoms with Crippen molar-refractivity contribution in [3.05, 3.63) is 226 Å². The second-order valence-corrected chi connectivity index (χ2v) is 16.6. The molecule has 6 aromatic rings. The van der Waals surface area contributed by atoms with Crippen LogP contribution >= 0.6 is 0 Å². The molecule has 0 aromatic heterocycles. The van der Waals surface area contributed by atoms with Gasteiger partial charge in [0, 0.05) is 0 Å². The molecule has 2 aliphatic rings. The second kappa shape index (κ2) is 20.1. The number of nitrogens with one attached hydrogen (secondary N) is 1. The minimum atomic E-state index is -2.29. The fourth-order valence-corrected chi connectivity index (χ4v) is 9.22. The molecule has 4 atom stereocenters. The zero-order chi connectivity index (χ0) is 46.2. The van der Waals surface area contributed by atoms with Gasteiger partial charge in [0.15, 0.2) is 34.3 Å². The third kappa shape index (κ3) is 9.48. The van der Waals surface area contributed by atoms with Crippen LogP contribution in [0.15, 0.2) is 187 Å². The van der Waals surface area contributed by atoms with E-state index in [4.69, 9.17) is 18.9 Å². The average Bonchev–Trinajstić information content (AvgIpc) is 3.35. The molecule has 6 aromatic carbocycles. The summed E-state index contributed by atoms with van der Waals surface area (Å²) in [5, 5.41) is 0.726. The molecule has 3 unspecified atom stereocenters. The number of rotatable bonds is 14. The van der Waals surface area contributed by atoms with Crippen LogP contribution in [0, 0.1) is 0 Å². The Kier molecular flexibility index (Phi) is 13.5. The molecule has 2 heterocycles. The predicted octanol–water partition coefficient (Wildman–Crippen LogP) is 7.47. The molecule has 14 nitrogen and oxygen atoms in total. The van der Waals surface area contributed by atoms with Gasteiger partial charge in [-0.15, -0.1) is 0 Å². The van der Waals surface area contributed by atoms with Gasteiger partial charge in [0.2, 0.25) is 5.91 Å². The summed E-state index contributed by atoms with van der Waals surface area (Å²) in [4.78, 5) is 74.2. The molecule has 8 rings (SSSR count). The van der Waals surface area contributed by atoms with Crippen molar-refractivity contribution in [3.63, 3.8) is 0 Å². The van der Waals surface area contributed by atoms with E-state index < -0.39 is 75.3 Å². The first-order valence-corrected chi connectivity index (χ1v) is 21.9. The van der Waals surface area contributed by atoms with Crippen LogP contribution in [0.5, 0.6) is 5.75 Å². The molecule has 1 saturated heterocycles. The van der Waals surface area contributed by atoms with Crippen molar-refractivity contribution in [2.24, 2.45) is 0 Å². The lowest BCUT2D eigenvalue weighted by Gasteiger charge is -2.47. The van der Waals surface area contributed by atoms with Gasteiger partial charge < -0.3 is 29.8 Å². The number of β-lactam (4-membered cyclic amide) rings is 1. The van der Waals surface area contributed by atoms with Gasteiger partial charge in [-0.1, -0.05) is 164 Å². The zero-order valence-corrected chi connectivity index (χ0v) is 36.0. The maximum atomic E-state index is 14.6. The number of fused-ring (bicyclic) bond motifs is 1. The molecule has 66 heavy (non-hydrogen) atoms. The fraction of sp³-hybridized carbons (Fsp3) is 0.137. The lowest BCUT2D eigenvalue weighted by atomic mass is 9.95.